The third-order valence-electron chi connectivity index (χ3n) is 2.80. The second kappa shape index (κ2) is 6.52. The van der Waals surface area contributed by atoms with Crippen LogP contribution in [0.4, 0.5) is 26.2 Å². The Morgan fingerprint density at radius 1 is 1.09 bits per heavy atom. The lowest BCUT2D eigenvalue weighted by molar-refractivity contribution is -0.384. The van der Waals surface area contributed by atoms with Gasteiger partial charge in [-0.15, -0.1) is 0 Å². The van der Waals surface area contributed by atoms with Crippen molar-refractivity contribution in [2.75, 3.05) is 10.6 Å². The molecule has 8 nitrogen and oxygen atoms in total. The van der Waals surface area contributed by atoms with Gasteiger partial charge in [-0.25, -0.2) is 14.0 Å². The van der Waals surface area contributed by atoms with Crippen LogP contribution in [0.1, 0.15) is 10.4 Å². The van der Waals surface area contributed by atoms with Crippen LogP contribution >= 0.6 is 0 Å². The standard InChI is InChI=1S/C14H10FN3O5/c15-11-6-5-10(18(22)23)7-12(11)17-14(21)16-9-3-1-8(2-4-9)13(19)20/h1-7H,(H,19,20)(H2,16,17,21). The first-order valence-corrected chi connectivity index (χ1v) is 6.22. The van der Waals surface area contributed by atoms with Crippen molar-refractivity contribution in [2.24, 2.45) is 0 Å². The molecule has 3 N–H and O–H groups in total. The molecule has 0 heterocycles. The van der Waals surface area contributed by atoms with Gasteiger partial charge in [0.05, 0.1) is 16.2 Å². The molecule has 2 amide bonds. The zero-order valence-electron chi connectivity index (χ0n) is 11.4. The van der Waals surface area contributed by atoms with E-state index in [0.717, 1.165) is 18.2 Å². The van der Waals surface area contributed by atoms with Crippen molar-refractivity contribution in [1.29, 1.82) is 0 Å². The minimum atomic E-state index is -1.11. The number of benzene rings is 2. The molecule has 0 unspecified atom stereocenters. The molecule has 9 heteroatoms. The van der Waals surface area contributed by atoms with Gasteiger partial charge in [0, 0.05) is 17.8 Å². The number of halogens is 1. The summed E-state index contributed by atoms with van der Waals surface area (Å²) in [6.07, 6.45) is 0. The number of aromatic carboxylic acids is 1. The first kappa shape index (κ1) is 15.9. The van der Waals surface area contributed by atoms with Crippen molar-refractivity contribution >= 4 is 29.1 Å². The molecule has 0 radical (unpaired) electrons. The summed E-state index contributed by atoms with van der Waals surface area (Å²) in [4.78, 5) is 32.4. The Labute approximate surface area is 128 Å². The van der Waals surface area contributed by atoms with Crippen LogP contribution in [0.2, 0.25) is 0 Å². The molecule has 0 fully saturated rings. The number of carboxylic acids is 1. The number of amides is 2. The van der Waals surface area contributed by atoms with E-state index in [1.165, 1.54) is 24.3 Å². The fraction of sp³-hybridized carbons (Fsp3) is 0. The highest BCUT2D eigenvalue weighted by atomic mass is 19.1. The fourth-order valence-corrected chi connectivity index (χ4v) is 1.70. The summed E-state index contributed by atoms with van der Waals surface area (Å²) in [5, 5.41) is 23.9. The normalized spacial score (nSPS) is 9.96. The number of nitrogens with zero attached hydrogens (tertiary/aromatic N) is 1. The van der Waals surface area contributed by atoms with E-state index in [0.29, 0.717) is 0 Å². The number of non-ortho nitro benzene ring substituents is 1. The second-order valence-electron chi connectivity index (χ2n) is 4.38. The molecule has 23 heavy (non-hydrogen) atoms. The molecule has 0 aliphatic carbocycles. The average Bonchev–Trinajstić information content (AvgIpc) is 2.49. The predicted octanol–water partition coefficient (Wildman–Crippen LogP) is 3.08. The van der Waals surface area contributed by atoms with E-state index in [4.69, 9.17) is 5.11 Å². The Balaban J connectivity index is 2.09. The van der Waals surface area contributed by atoms with Crippen LogP contribution in [0, 0.1) is 15.9 Å². The largest absolute Gasteiger partial charge is 0.478 e. The summed E-state index contributed by atoms with van der Waals surface area (Å²) in [6.45, 7) is 0. The van der Waals surface area contributed by atoms with Crippen molar-refractivity contribution in [3.63, 3.8) is 0 Å². The molecule has 0 atom stereocenters. The topological polar surface area (TPSA) is 122 Å². The number of nitrogens with one attached hydrogen (secondary N) is 2. The fourth-order valence-electron chi connectivity index (χ4n) is 1.70. The van der Waals surface area contributed by atoms with E-state index in [1.54, 1.807) is 0 Å². The predicted molar refractivity (Wildman–Crippen MR) is 79.1 cm³/mol. The molecular weight excluding hydrogens is 309 g/mol. The molecule has 2 rings (SSSR count). The van der Waals surface area contributed by atoms with E-state index < -0.39 is 22.7 Å². The van der Waals surface area contributed by atoms with Gasteiger partial charge in [-0.1, -0.05) is 0 Å². The van der Waals surface area contributed by atoms with Gasteiger partial charge in [-0.3, -0.25) is 10.1 Å². The van der Waals surface area contributed by atoms with Crippen molar-refractivity contribution in [3.8, 4) is 0 Å². The Bertz CT molecular complexity index is 776. The Morgan fingerprint density at radius 2 is 1.74 bits per heavy atom. The Hall–Kier alpha value is -3.49. The van der Waals surface area contributed by atoms with E-state index in [-0.39, 0.29) is 22.6 Å². The molecule has 0 aliphatic heterocycles. The monoisotopic (exact) mass is 319 g/mol. The maximum absolute atomic E-state index is 13.5. The molecular formula is C14H10FN3O5. The zero-order valence-corrected chi connectivity index (χ0v) is 11.4. The molecule has 0 aliphatic rings. The minimum absolute atomic E-state index is 0.0423. The quantitative estimate of drug-likeness (QED) is 0.590. The Kier molecular flexibility index (Phi) is 4.50. The zero-order chi connectivity index (χ0) is 17.0. The highest BCUT2D eigenvalue weighted by molar-refractivity contribution is 6.00. The number of anilines is 2. The molecule has 118 valence electrons. The lowest BCUT2D eigenvalue weighted by Crippen LogP contribution is -2.20. The number of nitro groups is 1. The summed E-state index contributed by atoms with van der Waals surface area (Å²) in [5.74, 6) is -1.94. The minimum Gasteiger partial charge on any atom is -0.478 e. The van der Waals surface area contributed by atoms with E-state index in [1.807, 2.05) is 0 Å². The summed E-state index contributed by atoms with van der Waals surface area (Å²) in [7, 11) is 0. The van der Waals surface area contributed by atoms with Crippen molar-refractivity contribution < 1.29 is 24.0 Å². The third-order valence-corrected chi connectivity index (χ3v) is 2.80. The maximum atomic E-state index is 13.5. The number of carbonyl (C=O) groups excluding carboxylic acids is 1. The number of hydrogen-bond acceptors (Lipinski definition) is 4. The number of carbonyl (C=O) groups is 2. The van der Waals surface area contributed by atoms with Gasteiger partial charge in [-0.2, -0.15) is 0 Å². The summed E-state index contributed by atoms with van der Waals surface area (Å²) in [6, 6.07) is 7.19. The van der Waals surface area contributed by atoms with Crippen molar-refractivity contribution in [2.45, 2.75) is 0 Å². The summed E-state index contributed by atoms with van der Waals surface area (Å²) >= 11 is 0. The first-order chi connectivity index (χ1) is 10.9. The highest BCUT2D eigenvalue weighted by Crippen LogP contribution is 2.21. The van der Waals surface area contributed by atoms with Crippen LogP contribution < -0.4 is 10.6 Å². The molecule has 0 aromatic heterocycles. The lowest BCUT2D eigenvalue weighted by atomic mass is 10.2. The SMILES string of the molecule is O=C(Nc1ccc(C(=O)O)cc1)Nc1cc([N+](=O)[O-])ccc1F. The number of nitro benzene ring substituents is 1. The third kappa shape index (κ3) is 4.00. The number of urea groups is 1. The Morgan fingerprint density at radius 3 is 2.30 bits per heavy atom. The number of hydrogen-bond donors (Lipinski definition) is 3. The molecule has 0 spiro atoms. The molecule has 0 saturated carbocycles. The van der Waals surface area contributed by atoms with E-state index >= 15 is 0 Å². The van der Waals surface area contributed by atoms with Crippen molar-refractivity contribution in [3.05, 3.63) is 64.0 Å². The van der Waals surface area contributed by atoms with Crippen LogP contribution in [-0.4, -0.2) is 22.0 Å². The van der Waals surface area contributed by atoms with E-state index in [9.17, 15) is 24.1 Å². The summed E-state index contributed by atoms with van der Waals surface area (Å²) < 4.78 is 13.5. The van der Waals surface area contributed by atoms with E-state index in [2.05, 4.69) is 10.6 Å². The maximum Gasteiger partial charge on any atom is 0.335 e. The van der Waals surface area contributed by atoms with Crippen LogP contribution in [0.5, 0.6) is 0 Å². The average molecular weight is 319 g/mol. The highest BCUT2D eigenvalue weighted by Gasteiger charge is 2.13. The number of carboxylic acid groups (broad SMARTS) is 1. The van der Waals surface area contributed by atoms with Crippen LogP contribution in [0.3, 0.4) is 0 Å². The molecule has 2 aromatic carbocycles. The van der Waals surface area contributed by atoms with Gasteiger partial charge >= 0.3 is 12.0 Å². The lowest BCUT2D eigenvalue weighted by Gasteiger charge is -2.08. The van der Waals surface area contributed by atoms with Gasteiger partial charge in [0.2, 0.25) is 0 Å². The van der Waals surface area contributed by atoms with Gasteiger partial charge < -0.3 is 15.7 Å². The van der Waals surface area contributed by atoms with Crippen LogP contribution in [-0.2, 0) is 0 Å². The summed E-state index contributed by atoms with van der Waals surface area (Å²) in [5.41, 5.74) is -0.398. The molecule has 0 bridgehead atoms. The molecule has 0 saturated heterocycles. The first-order valence-electron chi connectivity index (χ1n) is 6.22. The molecule has 2 aromatic rings. The van der Waals surface area contributed by atoms with Gasteiger partial charge in [0.25, 0.3) is 5.69 Å². The second-order valence-corrected chi connectivity index (χ2v) is 4.38. The van der Waals surface area contributed by atoms with Gasteiger partial charge in [0.1, 0.15) is 5.82 Å². The van der Waals surface area contributed by atoms with Crippen LogP contribution in [0.25, 0.3) is 0 Å². The number of rotatable bonds is 4. The smallest absolute Gasteiger partial charge is 0.335 e. The van der Waals surface area contributed by atoms with Gasteiger partial charge in [-0.05, 0) is 30.3 Å². The van der Waals surface area contributed by atoms with Gasteiger partial charge in [0.15, 0.2) is 0 Å². The van der Waals surface area contributed by atoms with Crippen molar-refractivity contribution in [1.82, 2.24) is 0 Å². The van der Waals surface area contributed by atoms with Crippen LogP contribution in [0.15, 0.2) is 42.5 Å².